The maximum Gasteiger partial charge on any atom is 0.238 e. The Hall–Kier alpha value is -3.16. The van der Waals surface area contributed by atoms with Gasteiger partial charge in [0.05, 0.1) is 4.90 Å². The molecule has 0 saturated heterocycles. The van der Waals surface area contributed by atoms with Gasteiger partial charge in [-0.05, 0) is 53.9 Å². The normalized spacial score (nSPS) is 11.1. The number of rotatable bonds is 8. The van der Waals surface area contributed by atoms with Crippen molar-refractivity contribution in [3.05, 3.63) is 90.0 Å². The number of carbonyl (C=O) groups excluding carboxylic acids is 1. The Balaban J connectivity index is 1.46. The molecule has 3 rings (SSSR count). The molecule has 150 valence electrons. The monoisotopic (exact) mass is 410 g/mol. The summed E-state index contributed by atoms with van der Waals surface area (Å²) in [5.41, 5.74) is 2.63. The Morgan fingerprint density at radius 3 is 2.14 bits per heavy atom. The van der Waals surface area contributed by atoms with E-state index in [0.717, 1.165) is 16.9 Å². The predicted octanol–water partition coefficient (Wildman–Crippen LogP) is 3.48. The van der Waals surface area contributed by atoms with Crippen molar-refractivity contribution in [1.29, 1.82) is 0 Å². The van der Waals surface area contributed by atoms with Crippen LogP contribution in [0.4, 0.5) is 5.69 Å². The topological polar surface area (TPSA) is 98.5 Å². The van der Waals surface area contributed by atoms with Gasteiger partial charge < -0.3 is 10.1 Å². The third-order valence-corrected chi connectivity index (χ3v) is 5.21. The molecule has 7 heteroatoms. The van der Waals surface area contributed by atoms with Crippen LogP contribution in [0.3, 0.4) is 0 Å². The molecule has 0 fully saturated rings. The number of sulfonamides is 1. The summed E-state index contributed by atoms with van der Waals surface area (Å²) in [6.45, 7) is 0.483. The molecule has 0 aliphatic rings. The number of benzene rings is 3. The van der Waals surface area contributed by atoms with Gasteiger partial charge in [-0.25, -0.2) is 13.6 Å². The number of nitrogens with one attached hydrogen (secondary N) is 1. The molecule has 0 spiro atoms. The Kier molecular flexibility index (Phi) is 6.64. The van der Waals surface area contributed by atoms with Gasteiger partial charge in [0.25, 0.3) is 0 Å². The molecule has 0 bridgehead atoms. The van der Waals surface area contributed by atoms with Gasteiger partial charge in [-0.3, -0.25) is 4.79 Å². The first-order valence-electron chi connectivity index (χ1n) is 9.08. The summed E-state index contributed by atoms with van der Waals surface area (Å²) in [7, 11) is -3.70. The van der Waals surface area contributed by atoms with Crippen molar-refractivity contribution in [2.75, 3.05) is 5.32 Å². The van der Waals surface area contributed by atoms with E-state index in [1.165, 1.54) is 12.1 Å². The average molecular weight is 410 g/mol. The third kappa shape index (κ3) is 6.44. The first-order valence-corrected chi connectivity index (χ1v) is 10.6. The van der Waals surface area contributed by atoms with Crippen LogP contribution in [0.2, 0.25) is 0 Å². The van der Waals surface area contributed by atoms with Crippen LogP contribution in [-0.2, 0) is 27.8 Å². The fraction of sp³-hybridized carbons (Fsp3) is 0.136. The van der Waals surface area contributed by atoms with E-state index in [1.807, 2.05) is 42.5 Å². The summed E-state index contributed by atoms with van der Waals surface area (Å²) in [4.78, 5) is 12.2. The molecule has 0 unspecified atom stereocenters. The predicted molar refractivity (Wildman–Crippen MR) is 112 cm³/mol. The SMILES string of the molecule is NS(=O)(=O)c1ccc(CCC(=O)Nc2ccc(OCc3ccccc3)cc2)cc1. The molecule has 0 radical (unpaired) electrons. The number of carbonyl (C=O) groups is 1. The van der Waals surface area contributed by atoms with Crippen LogP contribution in [0.5, 0.6) is 5.75 Å². The van der Waals surface area contributed by atoms with Crippen molar-refractivity contribution in [1.82, 2.24) is 0 Å². The average Bonchev–Trinajstić information content (AvgIpc) is 2.72. The second-order valence-corrected chi connectivity index (χ2v) is 8.10. The van der Waals surface area contributed by atoms with Crippen LogP contribution in [0, 0.1) is 0 Å². The van der Waals surface area contributed by atoms with Crippen LogP contribution in [0.15, 0.2) is 83.8 Å². The highest BCUT2D eigenvalue weighted by molar-refractivity contribution is 7.89. The smallest absolute Gasteiger partial charge is 0.238 e. The highest BCUT2D eigenvalue weighted by Crippen LogP contribution is 2.18. The van der Waals surface area contributed by atoms with E-state index in [1.54, 1.807) is 24.3 Å². The second kappa shape index (κ2) is 9.36. The molecule has 6 nitrogen and oxygen atoms in total. The van der Waals surface area contributed by atoms with Gasteiger partial charge in [0.1, 0.15) is 12.4 Å². The lowest BCUT2D eigenvalue weighted by Gasteiger charge is -2.09. The van der Waals surface area contributed by atoms with E-state index in [4.69, 9.17) is 9.88 Å². The molecular formula is C22H22N2O4S. The molecule has 29 heavy (non-hydrogen) atoms. The third-order valence-electron chi connectivity index (χ3n) is 4.28. The van der Waals surface area contributed by atoms with Gasteiger partial charge in [0.15, 0.2) is 0 Å². The van der Waals surface area contributed by atoms with Crippen LogP contribution < -0.4 is 15.2 Å². The zero-order valence-electron chi connectivity index (χ0n) is 15.7. The first kappa shape index (κ1) is 20.6. The number of anilines is 1. The molecule has 0 heterocycles. The summed E-state index contributed by atoms with van der Waals surface area (Å²) >= 11 is 0. The number of hydrogen-bond acceptors (Lipinski definition) is 4. The van der Waals surface area contributed by atoms with Crippen molar-refractivity contribution in [2.45, 2.75) is 24.3 Å². The van der Waals surface area contributed by atoms with Crippen molar-refractivity contribution >= 4 is 21.6 Å². The summed E-state index contributed by atoms with van der Waals surface area (Å²) in [5.74, 6) is 0.597. The Bertz CT molecular complexity index is 1050. The quantitative estimate of drug-likeness (QED) is 0.594. The second-order valence-electron chi connectivity index (χ2n) is 6.54. The number of nitrogens with two attached hydrogens (primary N) is 1. The van der Waals surface area contributed by atoms with E-state index in [0.29, 0.717) is 18.7 Å². The molecule has 1 amide bonds. The fourth-order valence-electron chi connectivity index (χ4n) is 2.70. The summed E-state index contributed by atoms with van der Waals surface area (Å²) in [6.07, 6.45) is 0.774. The Morgan fingerprint density at radius 2 is 1.52 bits per heavy atom. The molecule has 3 aromatic carbocycles. The lowest BCUT2D eigenvalue weighted by molar-refractivity contribution is -0.116. The van der Waals surface area contributed by atoms with Gasteiger partial charge in [-0.2, -0.15) is 0 Å². The lowest BCUT2D eigenvalue weighted by atomic mass is 10.1. The van der Waals surface area contributed by atoms with Gasteiger partial charge >= 0.3 is 0 Å². The zero-order chi connectivity index (χ0) is 20.7. The van der Waals surface area contributed by atoms with Crippen molar-refractivity contribution < 1.29 is 17.9 Å². The van der Waals surface area contributed by atoms with E-state index >= 15 is 0 Å². The highest BCUT2D eigenvalue weighted by Gasteiger charge is 2.08. The highest BCUT2D eigenvalue weighted by atomic mass is 32.2. The molecular weight excluding hydrogens is 388 g/mol. The van der Waals surface area contributed by atoms with Crippen molar-refractivity contribution in [2.24, 2.45) is 5.14 Å². The van der Waals surface area contributed by atoms with Crippen LogP contribution in [0.1, 0.15) is 17.5 Å². The minimum absolute atomic E-state index is 0.0558. The number of amides is 1. The molecule has 3 N–H and O–H groups in total. The summed E-state index contributed by atoms with van der Waals surface area (Å²) in [5, 5.41) is 7.91. The molecule has 0 atom stereocenters. The maximum absolute atomic E-state index is 12.1. The van der Waals surface area contributed by atoms with Crippen molar-refractivity contribution in [3.8, 4) is 5.75 Å². The minimum atomic E-state index is -3.70. The maximum atomic E-state index is 12.1. The molecule has 3 aromatic rings. The van der Waals surface area contributed by atoms with Crippen molar-refractivity contribution in [3.63, 3.8) is 0 Å². The number of aryl methyl sites for hydroxylation is 1. The van der Waals surface area contributed by atoms with Crippen LogP contribution in [-0.4, -0.2) is 14.3 Å². The molecule has 0 saturated carbocycles. The molecule has 0 aromatic heterocycles. The lowest BCUT2D eigenvalue weighted by Crippen LogP contribution is -2.13. The summed E-state index contributed by atoms with van der Waals surface area (Å²) < 4.78 is 28.2. The van der Waals surface area contributed by atoms with Gasteiger partial charge in [-0.15, -0.1) is 0 Å². The van der Waals surface area contributed by atoms with Crippen LogP contribution in [0.25, 0.3) is 0 Å². The van der Waals surface area contributed by atoms with Gasteiger partial charge in [0, 0.05) is 12.1 Å². The molecule has 0 aliphatic heterocycles. The van der Waals surface area contributed by atoms with E-state index in [-0.39, 0.29) is 17.2 Å². The fourth-order valence-corrected chi connectivity index (χ4v) is 3.22. The first-order chi connectivity index (χ1) is 13.9. The number of primary sulfonamides is 1. The van der Waals surface area contributed by atoms with Gasteiger partial charge in [0.2, 0.25) is 15.9 Å². The number of ether oxygens (including phenoxy) is 1. The standard InChI is InChI=1S/C22H22N2O4S/c23-29(26,27)21-13-6-17(7-14-21)8-15-22(25)24-19-9-11-20(12-10-19)28-16-18-4-2-1-3-5-18/h1-7,9-14H,8,15-16H2,(H,24,25)(H2,23,26,27). The van der Waals surface area contributed by atoms with E-state index in [2.05, 4.69) is 5.32 Å². The minimum Gasteiger partial charge on any atom is -0.489 e. The Morgan fingerprint density at radius 1 is 0.862 bits per heavy atom. The zero-order valence-corrected chi connectivity index (χ0v) is 16.6. The largest absolute Gasteiger partial charge is 0.489 e. The van der Waals surface area contributed by atoms with Gasteiger partial charge in [-0.1, -0.05) is 42.5 Å². The summed E-state index contributed by atoms with van der Waals surface area (Å²) in [6, 6.07) is 23.3. The Labute approximate surface area is 170 Å². The van der Waals surface area contributed by atoms with E-state index in [9.17, 15) is 13.2 Å². The van der Waals surface area contributed by atoms with E-state index < -0.39 is 10.0 Å². The van der Waals surface area contributed by atoms with Crippen LogP contribution >= 0.6 is 0 Å². The molecule has 0 aliphatic carbocycles. The number of hydrogen-bond donors (Lipinski definition) is 2.